The summed E-state index contributed by atoms with van der Waals surface area (Å²) in [6.45, 7) is 6.29. The minimum atomic E-state index is -0.522. The first-order valence-electron chi connectivity index (χ1n) is 12.0. The van der Waals surface area contributed by atoms with Crippen molar-refractivity contribution >= 4 is 16.6 Å². The number of methoxy groups -OCH3 is 1. The van der Waals surface area contributed by atoms with Gasteiger partial charge in [-0.25, -0.2) is 4.79 Å². The zero-order valence-corrected chi connectivity index (χ0v) is 20.4. The van der Waals surface area contributed by atoms with Crippen LogP contribution in [0.4, 0.5) is 5.69 Å². The molecule has 5 rings (SSSR count). The van der Waals surface area contributed by atoms with Crippen molar-refractivity contribution in [3.8, 4) is 11.5 Å². The normalized spacial score (nSPS) is 20.2. The lowest BCUT2D eigenvalue weighted by Crippen LogP contribution is -2.44. The summed E-state index contributed by atoms with van der Waals surface area (Å²) in [6.07, 6.45) is 1.74. The second-order valence-corrected chi connectivity index (χ2v) is 10.3. The highest BCUT2D eigenvalue weighted by molar-refractivity contribution is 5.91. The van der Waals surface area contributed by atoms with Gasteiger partial charge in [-0.05, 0) is 42.5 Å². The molecular formula is C26H33N5O4. The van der Waals surface area contributed by atoms with E-state index >= 15 is 0 Å². The molecule has 35 heavy (non-hydrogen) atoms. The van der Waals surface area contributed by atoms with Crippen molar-refractivity contribution in [3.63, 3.8) is 0 Å². The fraction of sp³-hybridized carbons (Fsp3) is 0.462. The average molecular weight is 480 g/mol. The summed E-state index contributed by atoms with van der Waals surface area (Å²) in [6, 6.07) is 13.2. The van der Waals surface area contributed by atoms with Crippen molar-refractivity contribution in [3.05, 3.63) is 63.3 Å². The maximum Gasteiger partial charge on any atom is 0.350 e. The largest absolute Gasteiger partial charge is 0.492 e. The van der Waals surface area contributed by atoms with Crippen molar-refractivity contribution in [2.75, 3.05) is 37.5 Å². The van der Waals surface area contributed by atoms with Crippen LogP contribution in [0, 0.1) is 11.3 Å². The van der Waals surface area contributed by atoms with Crippen molar-refractivity contribution in [1.29, 1.82) is 0 Å². The van der Waals surface area contributed by atoms with Crippen LogP contribution in [-0.4, -0.2) is 42.1 Å². The fourth-order valence-electron chi connectivity index (χ4n) is 5.40. The number of hydrogen-bond acceptors (Lipinski definition) is 7. The number of hydrogen-bond donors (Lipinski definition) is 2. The van der Waals surface area contributed by atoms with Crippen molar-refractivity contribution in [1.82, 2.24) is 9.24 Å². The van der Waals surface area contributed by atoms with E-state index in [-0.39, 0.29) is 23.4 Å². The molecule has 0 amide bonds. The Morgan fingerprint density at radius 3 is 2.49 bits per heavy atom. The zero-order chi connectivity index (χ0) is 24.9. The quantitative estimate of drug-likeness (QED) is 0.498. The monoisotopic (exact) mass is 479 g/mol. The van der Waals surface area contributed by atoms with Gasteiger partial charge in [0.15, 0.2) is 5.75 Å². The third-order valence-corrected chi connectivity index (χ3v) is 7.39. The lowest BCUT2D eigenvalue weighted by atomic mass is 9.78. The second kappa shape index (κ2) is 8.64. The van der Waals surface area contributed by atoms with Crippen molar-refractivity contribution in [2.45, 2.75) is 38.8 Å². The van der Waals surface area contributed by atoms with E-state index in [1.165, 1.54) is 0 Å². The number of rotatable bonds is 7. The molecule has 1 aliphatic carbocycles. The van der Waals surface area contributed by atoms with E-state index < -0.39 is 11.2 Å². The van der Waals surface area contributed by atoms with E-state index in [0.29, 0.717) is 34.5 Å². The molecule has 2 atom stereocenters. The van der Waals surface area contributed by atoms with Crippen LogP contribution in [0.1, 0.15) is 32.7 Å². The summed E-state index contributed by atoms with van der Waals surface area (Å²) >= 11 is 0. The van der Waals surface area contributed by atoms with Gasteiger partial charge in [-0.3, -0.25) is 9.36 Å². The summed E-state index contributed by atoms with van der Waals surface area (Å²) in [5.41, 5.74) is 6.88. The smallest absolute Gasteiger partial charge is 0.350 e. The highest BCUT2D eigenvalue weighted by atomic mass is 16.5. The van der Waals surface area contributed by atoms with Crippen LogP contribution < -0.4 is 37.2 Å². The van der Waals surface area contributed by atoms with Crippen molar-refractivity contribution in [2.24, 2.45) is 17.1 Å². The highest BCUT2D eigenvalue weighted by Crippen LogP contribution is 2.45. The van der Waals surface area contributed by atoms with Gasteiger partial charge in [-0.15, -0.1) is 0 Å². The summed E-state index contributed by atoms with van der Waals surface area (Å²) in [7, 11) is 1.58. The molecule has 1 aromatic heterocycles. The first-order chi connectivity index (χ1) is 16.7. The van der Waals surface area contributed by atoms with E-state index in [4.69, 9.17) is 21.1 Å². The maximum atomic E-state index is 12.9. The molecule has 1 saturated carbocycles. The van der Waals surface area contributed by atoms with Gasteiger partial charge in [0.25, 0.3) is 5.56 Å². The van der Waals surface area contributed by atoms with Crippen LogP contribution in [0.3, 0.4) is 0 Å². The average Bonchev–Trinajstić information content (AvgIpc) is 3.63. The van der Waals surface area contributed by atoms with Crippen molar-refractivity contribution < 1.29 is 9.47 Å². The molecule has 0 bridgehead atoms. The SMILES string of the molecule is COc1c(N2C[C@H]([C@H](N)COc3ccccc3)C(C)(C)C2)ccc2c(=O)n(N)c(=O)n(C3CC3)c12. The van der Waals surface area contributed by atoms with E-state index in [1.807, 2.05) is 36.4 Å². The maximum absolute atomic E-state index is 12.9. The first-order valence-corrected chi connectivity index (χ1v) is 12.0. The van der Waals surface area contributed by atoms with E-state index in [9.17, 15) is 9.59 Å². The molecule has 3 aromatic rings. The molecule has 2 fully saturated rings. The Kier molecular flexibility index (Phi) is 5.75. The lowest BCUT2D eigenvalue weighted by Gasteiger charge is -2.30. The summed E-state index contributed by atoms with van der Waals surface area (Å²) in [4.78, 5) is 28.0. The van der Waals surface area contributed by atoms with E-state index in [0.717, 1.165) is 30.8 Å². The van der Waals surface area contributed by atoms with Gasteiger partial charge >= 0.3 is 5.69 Å². The molecule has 0 spiro atoms. The Balaban J connectivity index is 1.50. The number of fused-ring (bicyclic) bond motifs is 1. The number of nitrogens with two attached hydrogens (primary N) is 2. The Morgan fingerprint density at radius 1 is 1.11 bits per heavy atom. The van der Waals surface area contributed by atoms with Crippen LogP contribution in [0.2, 0.25) is 0 Å². The fourth-order valence-corrected chi connectivity index (χ4v) is 5.40. The molecule has 1 saturated heterocycles. The number of para-hydroxylation sites is 1. The molecule has 186 valence electrons. The molecule has 2 aliphatic rings. The summed E-state index contributed by atoms with van der Waals surface area (Å²) in [5.74, 6) is 7.30. The number of benzene rings is 2. The number of nitrogens with zero attached hydrogens (tertiary/aromatic N) is 3. The number of anilines is 1. The van der Waals surface area contributed by atoms with Gasteiger partial charge < -0.3 is 25.9 Å². The van der Waals surface area contributed by atoms with Gasteiger partial charge in [0, 0.05) is 31.1 Å². The minimum absolute atomic E-state index is 0.0240. The van der Waals surface area contributed by atoms with E-state index in [1.54, 1.807) is 17.7 Å². The number of ether oxygens (including phenoxy) is 2. The van der Waals surface area contributed by atoms with E-state index in [2.05, 4.69) is 18.7 Å². The van der Waals surface area contributed by atoms with Crippen LogP contribution in [-0.2, 0) is 0 Å². The molecule has 2 aromatic carbocycles. The molecule has 1 aliphatic heterocycles. The van der Waals surface area contributed by atoms with Crippen LogP contribution in [0.15, 0.2) is 52.1 Å². The first kappa shape index (κ1) is 23.3. The van der Waals surface area contributed by atoms with Gasteiger partial charge in [-0.1, -0.05) is 32.0 Å². The minimum Gasteiger partial charge on any atom is -0.492 e. The molecule has 0 unspecified atom stereocenters. The number of nitrogen functional groups attached to an aromatic ring is 1. The lowest BCUT2D eigenvalue weighted by molar-refractivity contribution is 0.185. The number of aromatic nitrogens is 2. The van der Waals surface area contributed by atoms with Gasteiger partial charge in [0.2, 0.25) is 0 Å². The van der Waals surface area contributed by atoms with Gasteiger partial charge in [0.05, 0.1) is 18.2 Å². The Labute approximate surface area is 203 Å². The zero-order valence-electron chi connectivity index (χ0n) is 20.4. The molecular weight excluding hydrogens is 446 g/mol. The third-order valence-electron chi connectivity index (χ3n) is 7.39. The van der Waals surface area contributed by atoms with Gasteiger partial charge in [0.1, 0.15) is 17.9 Å². The summed E-state index contributed by atoms with van der Waals surface area (Å²) < 4.78 is 14.1. The Bertz CT molecular complexity index is 1360. The van der Waals surface area contributed by atoms with Gasteiger partial charge in [-0.2, -0.15) is 4.68 Å². The van der Waals surface area contributed by atoms with Crippen LogP contribution in [0.25, 0.3) is 10.9 Å². The molecule has 2 heterocycles. The molecule has 4 N–H and O–H groups in total. The molecule has 0 radical (unpaired) electrons. The Morgan fingerprint density at radius 2 is 1.83 bits per heavy atom. The highest BCUT2D eigenvalue weighted by Gasteiger charge is 2.44. The second-order valence-electron chi connectivity index (χ2n) is 10.3. The van der Waals surface area contributed by atoms with Crippen LogP contribution in [0.5, 0.6) is 11.5 Å². The summed E-state index contributed by atoms with van der Waals surface area (Å²) in [5, 5.41) is 0.377. The molecule has 9 nitrogen and oxygen atoms in total. The third kappa shape index (κ3) is 4.03. The predicted octanol–water partition coefficient (Wildman–Crippen LogP) is 2.09. The molecule has 9 heteroatoms. The standard InChI is InChI=1S/C26H33N5O4/c1-26(2)15-29(13-19(26)20(27)14-35-17-7-5-4-6-8-17)21-12-11-18-22(23(21)34-3)30(16-9-10-16)25(33)31(28)24(18)32/h4-8,11-12,16,19-20H,9-10,13-15,27-28H2,1-3H3/t19-,20-/m1/s1. The Hall–Kier alpha value is -3.46. The predicted molar refractivity (Wildman–Crippen MR) is 137 cm³/mol. The topological polar surface area (TPSA) is 118 Å². The van der Waals surface area contributed by atoms with Crippen LogP contribution >= 0.6 is 0 Å².